The van der Waals surface area contributed by atoms with Crippen LogP contribution >= 0.6 is 0 Å². The molecule has 0 aliphatic heterocycles. The predicted molar refractivity (Wildman–Crippen MR) is 95.2 cm³/mol. The summed E-state index contributed by atoms with van der Waals surface area (Å²) in [5, 5.41) is 6.64. The number of anilines is 1. The van der Waals surface area contributed by atoms with Crippen molar-refractivity contribution in [3.63, 3.8) is 0 Å². The minimum atomic E-state index is -4.49. The number of aromatic nitrogens is 3. The minimum absolute atomic E-state index is 0.0440. The Morgan fingerprint density at radius 1 is 1.26 bits per heavy atom. The normalized spacial score (nSPS) is 16.5. The summed E-state index contributed by atoms with van der Waals surface area (Å²) in [6.45, 7) is 3.24. The van der Waals surface area contributed by atoms with Crippen LogP contribution in [0.25, 0.3) is 0 Å². The average Bonchev–Trinajstić information content (AvgIpc) is 3.23. The first-order valence-corrected chi connectivity index (χ1v) is 9.10. The second-order valence-electron chi connectivity index (χ2n) is 7.20. The molecule has 3 rings (SSSR count). The van der Waals surface area contributed by atoms with Crippen LogP contribution in [0.5, 0.6) is 0 Å². The maximum atomic E-state index is 13.2. The molecular formula is C19H23F3N4O. The molecule has 2 aromatic heterocycles. The van der Waals surface area contributed by atoms with Crippen molar-refractivity contribution in [3.05, 3.63) is 41.3 Å². The van der Waals surface area contributed by atoms with Gasteiger partial charge in [0, 0.05) is 11.9 Å². The third-order valence-electron chi connectivity index (χ3n) is 5.14. The fourth-order valence-electron chi connectivity index (χ4n) is 3.65. The van der Waals surface area contributed by atoms with E-state index in [0.717, 1.165) is 37.4 Å². The van der Waals surface area contributed by atoms with Gasteiger partial charge in [-0.1, -0.05) is 31.7 Å². The summed E-state index contributed by atoms with van der Waals surface area (Å²) in [5.74, 6) is 0.297. The molecule has 0 spiro atoms. The van der Waals surface area contributed by atoms with Crippen molar-refractivity contribution < 1.29 is 18.0 Å². The van der Waals surface area contributed by atoms with Gasteiger partial charge in [-0.3, -0.25) is 9.48 Å². The molecular weight excluding hydrogens is 357 g/mol. The van der Waals surface area contributed by atoms with Crippen LogP contribution in [0.3, 0.4) is 0 Å². The molecule has 0 radical (unpaired) electrons. The molecule has 1 N–H and O–H groups in total. The van der Waals surface area contributed by atoms with E-state index in [2.05, 4.69) is 15.4 Å². The highest BCUT2D eigenvalue weighted by molar-refractivity contribution is 5.92. The fraction of sp³-hybridized carbons (Fsp3) is 0.526. The second-order valence-corrected chi connectivity index (χ2v) is 7.20. The van der Waals surface area contributed by atoms with Crippen LogP contribution in [0.4, 0.5) is 19.0 Å². The Morgan fingerprint density at radius 2 is 1.96 bits per heavy atom. The molecule has 2 heterocycles. The minimum Gasteiger partial charge on any atom is -0.309 e. The summed E-state index contributed by atoms with van der Waals surface area (Å²) >= 11 is 0. The third kappa shape index (κ3) is 4.48. The quantitative estimate of drug-likeness (QED) is 0.820. The topological polar surface area (TPSA) is 59.8 Å². The van der Waals surface area contributed by atoms with Crippen molar-refractivity contribution in [2.75, 3.05) is 5.32 Å². The lowest BCUT2D eigenvalue weighted by Gasteiger charge is -2.22. The van der Waals surface area contributed by atoms with Crippen LogP contribution in [0.1, 0.15) is 55.0 Å². The van der Waals surface area contributed by atoms with E-state index in [1.54, 1.807) is 12.3 Å². The molecule has 1 unspecified atom stereocenters. The maximum absolute atomic E-state index is 13.2. The molecule has 2 aromatic rings. The molecule has 1 aliphatic rings. The summed E-state index contributed by atoms with van der Waals surface area (Å²) in [4.78, 5) is 17.1. The molecule has 0 aromatic carbocycles. The van der Waals surface area contributed by atoms with Crippen molar-refractivity contribution >= 4 is 11.7 Å². The Hall–Kier alpha value is -2.38. The molecule has 1 amide bonds. The monoisotopic (exact) mass is 380 g/mol. The van der Waals surface area contributed by atoms with E-state index in [9.17, 15) is 18.0 Å². The lowest BCUT2D eigenvalue weighted by Crippen LogP contribution is -2.29. The maximum Gasteiger partial charge on any atom is 0.419 e. The van der Waals surface area contributed by atoms with Gasteiger partial charge >= 0.3 is 6.18 Å². The van der Waals surface area contributed by atoms with Crippen molar-refractivity contribution in [2.45, 2.75) is 58.2 Å². The first-order chi connectivity index (χ1) is 12.8. The summed E-state index contributed by atoms with van der Waals surface area (Å²) < 4.78 is 40.7. The van der Waals surface area contributed by atoms with Gasteiger partial charge in [-0.2, -0.15) is 18.3 Å². The van der Waals surface area contributed by atoms with Crippen LogP contribution < -0.4 is 5.32 Å². The van der Waals surface area contributed by atoms with Gasteiger partial charge in [0.25, 0.3) is 0 Å². The second kappa shape index (κ2) is 7.70. The number of rotatable bonds is 5. The van der Waals surface area contributed by atoms with E-state index in [4.69, 9.17) is 0 Å². The zero-order valence-corrected chi connectivity index (χ0v) is 15.4. The Labute approximate surface area is 156 Å². The molecule has 8 heteroatoms. The largest absolute Gasteiger partial charge is 0.419 e. The van der Waals surface area contributed by atoms with Crippen LogP contribution in [0.2, 0.25) is 0 Å². The smallest absolute Gasteiger partial charge is 0.309 e. The zero-order chi connectivity index (χ0) is 19.6. The SMILES string of the molecule is Cc1ccc(NC(=O)C(CC2CCCC2)n2ncc(C(F)(F)F)c2C)nc1. The van der Waals surface area contributed by atoms with Gasteiger partial charge in [0.2, 0.25) is 5.91 Å². The van der Waals surface area contributed by atoms with Gasteiger partial charge in [-0.05, 0) is 37.8 Å². The standard InChI is InChI=1S/C19H23F3N4O/c1-12-7-8-17(23-10-12)25-18(27)16(9-14-5-3-4-6-14)26-13(2)15(11-24-26)19(20,21)22/h7-8,10-11,14,16H,3-6,9H2,1-2H3,(H,23,25,27). The molecule has 27 heavy (non-hydrogen) atoms. The molecule has 1 fully saturated rings. The lowest BCUT2D eigenvalue weighted by atomic mass is 9.97. The summed E-state index contributed by atoms with van der Waals surface area (Å²) in [6.07, 6.45) is 2.55. The number of nitrogens with zero attached hydrogens (tertiary/aromatic N) is 3. The van der Waals surface area contributed by atoms with E-state index in [0.29, 0.717) is 18.2 Å². The van der Waals surface area contributed by atoms with E-state index >= 15 is 0 Å². The van der Waals surface area contributed by atoms with E-state index in [1.165, 1.54) is 11.6 Å². The van der Waals surface area contributed by atoms with Crippen molar-refractivity contribution in [2.24, 2.45) is 5.92 Å². The number of carbonyl (C=O) groups is 1. The first-order valence-electron chi connectivity index (χ1n) is 9.10. The van der Waals surface area contributed by atoms with Gasteiger partial charge in [-0.15, -0.1) is 0 Å². The lowest BCUT2D eigenvalue weighted by molar-refractivity contribution is -0.138. The molecule has 1 saturated carbocycles. The molecule has 146 valence electrons. The first kappa shape index (κ1) is 19.4. The number of carbonyl (C=O) groups excluding carboxylic acids is 1. The van der Waals surface area contributed by atoms with Gasteiger partial charge in [0.1, 0.15) is 11.9 Å². The van der Waals surface area contributed by atoms with Crippen molar-refractivity contribution in [1.29, 1.82) is 0 Å². The van der Waals surface area contributed by atoms with Gasteiger partial charge in [0.05, 0.1) is 11.8 Å². The molecule has 0 bridgehead atoms. The third-order valence-corrected chi connectivity index (χ3v) is 5.14. The number of alkyl halides is 3. The van der Waals surface area contributed by atoms with E-state index < -0.39 is 23.7 Å². The van der Waals surface area contributed by atoms with Crippen LogP contribution in [0, 0.1) is 19.8 Å². The predicted octanol–water partition coefficient (Wildman–Crippen LogP) is 4.67. The Kier molecular flexibility index (Phi) is 5.53. The number of amides is 1. The zero-order valence-electron chi connectivity index (χ0n) is 15.4. The fourth-order valence-corrected chi connectivity index (χ4v) is 3.65. The number of pyridine rings is 1. The highest BCUT2D eigenvalue weighted by Crippen LogP contribution is 2.36. The average molecular weight is 380 g/mol. The highest BCUT2D eigenvalue weighted by atomic mass is 19.4. The molecule has 1 atom stereocenters. The van der Waals surface area contributed by atoms with Gasteiger partial charge < -0.3 is 5.32 Å². The number of halogens is 3. The van der Waals surface area contributed by atoms with Gasteiger partial charge in [-0.25, -0.2) is 4.98 Å². The van der Waals surface area contributed by atoms with E-state index in [1.807, 2.05) is 13.0 Å². The molecule has 0 saturated heterocycles. The van der Waals surface area contributed by atoms with E-state index in [-0.39, 0.29) is 5.69 Å². The highest BCUT2D eigenvalue weighted by Gasteiger charge is 2.37. The van der Waals surface area contributed by atoms with Crippen molar-refractivity contribution in [1.82, 2.24) is 14.8 Å². The van der Waals surface area contributed by atoms with Crippen LogP contribution in [-0.4, -0.2) is 20.7 Å². The summed E-state index contributed by atoms with van der Waals surface area (Å²) in [6, 6.07) is 2.69. The number of hydrogen-bond acceptors (Lipinski definition) is 3. The Morgan fingerprint density at radius 3 is 2.52 bits per heavy atom. The Bertz CT molecular complexity index is 792. The van der Waals surface area contributed by atoms with Crippen molar-refractivity contribution in [3.8, 4) is 0 Å². The number of nitrogens with one attached hydrogen (secondary N) is 1. The number of aryl methyl sites for hydroxylation is 1. The van der Waals surface area contributed by atoms with Crippen LogP contribution in [0.15, 0.2) is 24.5 Å². The molecule has 5 nitrogen and oxygen atoms in total. The number of hydrogen-bond donors (Lipinski definition) is 1. The van der Waals surface area contributed by atoms with Gasteiger partial charge in [0.15, 0.2) is 0 Å². The molecule has 1 aliphatic carbocycles. The van der Waals surface area contributed by atoms with Crippen LogP contribution in [-0.2, 0) is 11.0 Å². The summed E-state index contributed by atoms with van der Waals surface area (Å²) in [5.41, 5.74) is 0.103. The Balaban J connectivity index is 1.87. The summed E-state index contributed by atoms with van der Waals surface area (Å²) in [7, 11) is 0.